The molecular formula is C9H21N3O2. The van der Waals surface area contributed by atoms with Gasteiger partial charge in [0.05, 0.1) is 0 Å². The van der Waals surface area contributed by atoms with Gasteiger partial charge in [-0.25, -0.2) is 0 Å². The topological polar surface area (TPSA) is 79.9 Å². The Morgan fingerprint density at radius 3 is 2.79 bits per heavy atom. The van der Waals surface area contributed by atoms with Crippen LogP contribution in [0.5, 0.6) is 0 Å². The molecule has 0 radical (unpaired) electrons. The average molecular weight is 203 g/mol. The van der Waals surface area contributed by atoms with Gasteiger partial charge in [0, 0.05) is 19.6 Å². The molecule has 4 N–H and O–H groups in total. The van der Waals surface area contributed by atoms with Crippen molar-refractivity contribution in [2.24, 2.45) is 10.9 Å². The second-order valence-corrected chi connectivity index (χ2v) is 3.00. The first kappa shape index (κ1) is 13.2. The predicted octanol–water partition coefficient (Wildman–Crippen LogP) is 0.529. The van der Waals surface area contributed by atoms with Crippen molar-refractivity contribution in [2.45, 2.75) is 26.2 Å². The van der Waals surface area contributed by atoms with Crippen molar-refractivity contribution >= 4 is 5.84 Å². The summed E-state index contributed by atoms with van der Waals surface area (Å²) in [5.41, 5.74) is 5.31. The maximum absolute atomic E-state index is 8.26. The SMILES string of the molecule is CCOCCCNCCCC(N)=NO. The zero-order valence-corrected chi connectivity index (χ0v) is 8.83. The number of nitrogens with zero attached hydrogens (tertiary/aromatic N) is 1. The largest absolute Gasteiger partial charge is 0.409 e. The fourth-order valence-electron chi connectivity index (χ4n) is 1.01. The Kier molecular flexibility index (Phi) is 9.68. The summed E-state index contributed by atoms with van der Waals surface area (Å²) in [6.45, 7) is 5.43. The molecule has 14 heavy (non-hydrogen) atoms. The third-order valence-electron chi connectivity index (χ3n) is 1.76. The van der Waals surface area contributed by atoms with Crippen LogP contribution < -0.4 is 11.1 Å². The molecule has 0 spiro atoms. The van der Waals surface area contributed by atoms with Gasteiger partial charge in [0.1, 0.15) is 5.84 Å². The molecule has 0 aliphatic carbocycles. The van der Waals surface area contributed by atoms with Crippen LogP contribution in [-0.4, -0.2) is 37.3 Å². The van der Waals surface area contributed by atoms with Crippen LogP contribution in [-0.2, 0) is 4.74 Å². The molecule has 0 aromatic carbocycles. The van der Waals surface area contributed by atoms with E-state index in [9.17, 15) is 0 Å². The Morgan fingerprint density at radius 2 is 2.14 bits per heavy atom. The smallest absolute Gasteiger partial charge is 0.139 e. The van der Waals surface area contributed by atoms with E-state index in [0.29, 0.717) is 12.3 Å². The van der Waals surface area contributed by atoms with Crippen LogP contribution >= 0.6 is 0 Å². The van der Waals surface area contributed by atoms with Crippen molar-refractivity contribution in [3.63, 3.8) is 0 Å². The maximum Gasteiger partial charge on any atom is 0.139 e. The summed E-state index contributed by atoms with van der Waals surface area (Å²) >= 11 is 0. The molecule has 0 saturated heterocycles. The second-order valence-electron chi connectivity index (χ2n) is 3.00. The normalized spacial score (nSPS) is 11.9. The number of rotatable bonds is 9. The minimum atomic E-state index is 0.293. The van der Waals surface area contributed by atoms with Crippen LogP contribution in [0, 0.1) is 0 Å². The molecular weight excluding hydrogens is 182 g/mol. The highest BCUT2D eigenvalue weighted by atomic mass is 16.5. The molecule has 0 bridgehead atoms. The number of amidine groups is 1. The van der Waals surface area contributed by atoms with Crippen molar-refractivity contribution in [2.75, 3.05) is 26.3 Å². The lowest BCUT2D eigenvalue weighted by Gasteiger charge is -2.04. The molecule has 0 fully saturated rings. The average Bonchev–Trinajstić information content (AvgIpc) is 2.21. The predicted molar refractivity (Wildman–Crippen MR) is 56.6 cm³/mol. The molecule has 0 rings (SSSR count). The molecule has 5 nitrogen and oxygen atoms in total. The Balaban J connectivity index is 2.99. The molecule has 0 heterocycles. The molecule has 0 aromatic rings. The number of nitrogens with one attached hydrogen (secondary N) is 1. The minimum absolute atomic E-state index is 0.293. The van der Waals surface area contributed by atoms with E-state index in [2.05, 4.69) is 10.5 Å². The summed E-state index contributed by atoms with van der Waals surface area (Å²) in [7, 11) is 0. The highest BCUT2D eigenvalue weighted by Gasteiger charge is 1.93. The molecule has 5 heteroatoms. The van der Waals surface area contributed by atoms with Gasteiger partial charge in [0.15, 0.2) is 0 Å². The van der Waals surface area contributed by atoms with Gasteiger partial charge in [-0.15, -0.1) is 0 Å². The molecule has 0 aliphatic heterocycles. The maximum atomic E-state index is 8.26. The third-order valence-corrected chi connectivity index (χ3v) is 1.76. The fraction of sp³-hybridized carbons (Fsp3) is 0.889. The number of hydrogen-bond acceptors (Lipinski definition) is 4. The van der Waals surface area contributed by atoms with Crippen LogP contribution in [0.25, 0.3) is 0 Å². The molecule has 0 unspecified atom stereocenters. The van der Waals surface area contributed by atoms with Crippen LogP contribution in [0.4, 0.5) is 0 Å². The first-order valence-electron chi connectivity index (χ1n) is 5.06. The van der Waals surface area contributed by atoms with Gasteiger partial charge in [-0.1, -0.05) is 5.16 Å². The molecule has 0 amide bonds. The Bertz CT molecular complexity index is 151. The number of ether oxygens (including phenoxy) is 1. The summed E-state index contributed by atoms with van der Waals surface area (Å²) in [4.78, 5) is 0. The van der Waals surface area contributed by atoms with Gasteiger partial charge in [0.2, 0.25) is 0 Å². The second kappa shape index (κ2) is 10.3. The first-order chi connectivity index (χ1) is 6.81. The number of oxime groups is 1. The van der Waals surface area contributed by atoms with Gasteiger partial charge < -0.3 is 21.0 Å². The Hall–Kier alpha value is -0.810. The van der Waals surface area contributed by atoms with Crippen LogP contribution in [0.3, 0.4) is 0 Å². The van der Waals surface area contributed by atoms with Gasteiger partial charge in [0.25, 0.3) is 0 Å². The highest BCUT2D eigenvalue weighted by Crippen LogP contribution is 1.87. The summed E-state index contributed by atoms with van der Waals surface area (Å²) in [5, 5.41) is 14.4. The van der Waals surface area contributed by atoms with Crippen molar-refractivity contribution in [3.05, 3.63) is 0 Å². The number of nitrogens with two attached hydrogens (primary N) is 1. The Morgan fingerprint density at radius 1 is 1.43 bits per heavy atom. The van der Waals surface area contributed by atoms with Crippen LogP contribution in [0.2, 0.25) is 0 Å². The lowest BCUT2D eigenvalue weighted by Crippen LogP contribution is -2.20. The van der Waals surface area contributed by atoms with E-state index in [1.165, 1.54) is 0 Å². The molecule has 0 aliphatic rings. The van der Waals surface area contributed by atoms with Gasteiger partial charge in [-0.3, -0.25) is 0 Å². The van der Waals surface area contributed by atoms with E-state index in [-0.39, 0.29) is 0 Å². The molecule has 84 valence electrons. The van der Waals surface area contributed by atoms with E-state index in [1.54, 1.807) is 0 Å². The monoisotopic (exact) mass is 203 g/mol. The first-order valence-corrected chi connectivity index (χ1v) is 5.06. The number of hydrogen-bond donors (Lipinski definition) is 3. The van der Waals surface area contributed by atoms with E-state index in [4.69, 9.17) is 15.7 Å². The zero-order valence-electron chi connectivity index (χ0n) is 8.83. The summed E-state index contributed by atoms with van der Waals surface area (Å²) in [5.74, 6) is 0.293. The van der Waals surface area contributed by atoms with Crippen molar-refractivity contribution < 1.29 is 9.94 Å². The lowest BCUT2D eigenvalue weighted by molar-refractivity contribution is 0.145. The van der Waals surface area contributed by atoms with Gasteiger partial charge in [-0.2, -0.15) is 0 Å². The van der Waals surface area contributed by atoms with Crippen LogP contribution in [0.1, 0.15) is 26.2 Å². The summed E-state index contributed by atoms with van der Waals surface area (Å²) < 4.78 is 5.18. The molecule has 0 saturated carbocycles. The van der Waals surface area contributed by atoms with Gasteiger partial charge in [-0.05, 0) is 32.9 Å². The third kappa shape index (κ3) is 9.28. The van der Waals surface area contributed by atoms with E-state index in [0.717, 1.165) is 39.1 Å². The lowest BCUT2D eigenvalue weighted by atomic mass is 10.3. The van der Waals surface area contributed by atoms with Crippen molar-refractivity contribution in [1.82, 2.24) is 5.32 Å². The summed E-state index contributed by atoms with van der Waals surface area (Å²) in [6.07, 6.45) is 2.55. The summed E-state index contributed by atoms with van der Waals surface area (Å²) in [6, 6.07) is 0. The van der Waals surface area contributed by atoms with E-state index in [1.807, 2.05) is 6.92 Å². The standard InChI is InChI=1S/C9H21N3O2/c1-2-14-8-4-7-11-6-3-5-9(10)12-13/h11,13H,2-8H2,1H3,(H2,10,12). The quantitative estimate of drug-likeness (QED) is 0.168. The fourth-order valence-corrected chi connectivity index (χ4v) is 1.01. The van der Waals surface area contributed by atoms with Crippen molar-refractivity contribution in [1.29, 1.82) is 0 Å². The molecule has 0 aromatic heterocycles. The van der Waals surface area contributed by atoms with Crippen LogP contribution in [0.15, 0.2) is 5.16 Å². The van der Waals surface area contributed by atoms with E-state index >= 15 is 0 Å². The molecule has 0 atom stereocenters. The van der Waals surface area contributed by atoms with E-state index < -0.39 is 0 Å². The highest BCUT2D eigenvalue weighted by molar-refractivity contribution is 5.79. The minimum Gasteiger partial charge on any atom is -0.409 e. The van der Waals surface area contributed by atoms with Crippen molar-refractivity contribution in [3.8, 4) is 0 Å². The Labute approximate surface area is 85.3 Å². The zero-order chi connectivity index (χ0) is 10.6. The van der Waals surface area contributed by atoms with Gasteiger partial charge >= 0.3 is 0 Å².